The van der Waals surface area contributed by atoms with Crippen LogP contribution in [0.1, 0.15) is 92.6 Å². The van der Waals surface area contributed by atoms with E-state index in [9.17, 15) is 24.3 Å². The lowest BCUT2D eigenvalue weighted by Crippen LogP contribution is -2.50. The summed E-state index contributed by atoms with van der Waals surface area (Å²) in [5, 5.41) is 12.4. The Morgan fingerprint density at radius 3 is 2.03 bits per heavy atom. The van der Waals surface area contributed by atoms with E-state index in [2.05, 4.69) is 5.32 Å². The number of nitrogens with one attached hydrogen (secondary N) is 1. The highest BCUT2D eigenvalue weighted by molar-refractivity contribution is 5.89. The van der Waals surface area contributed by atoms with Crippen molar-refractivity contribution in [3.63, 3.8) is 0 Å². The highest BCUT2D eigenvalue weighted by Gasteiger charge is 2.46. The number of amides is 1. The summed E-state index contributed by atoms with van der Waals surface area (Å²) < 4.78 is 16.6. The van der Waals surface area contributed by atoms with Crippen molar-refractivity contribution in [1.29, 1.82) is 0 Å². The number of carboxylic acid groups (broad SMARTS) is 1. The van der Waals surface area contributed by atoms with Gasteiger partial charge in [0, 0.05) is 6.42 Å². The molecular formula is C30H45NO8. The molecule has 2 atom stereocenters. The molecule has 218 valence electrons. The summed E-state index contributed by atoms with van der Waals surface area (Å²) in [6, 6.07) is 6.39. The molecule has 1 aliphatic carbocycles. The third-order valence-electron chi connectivity index (χ3n) is 6.50. The van der Waals surface area contributed by atoms with Gasteiger partial charge < -0.3 is 24.6 Å². The van der Waals surface area contributed by atoms with Gasteiger partial charge in [0.25, 0.3) is 0 Å². The number of esters is 2. The van der Waals surface area contributed by atoms with Crippen molar-refractivity contribution in [2.24, 2.45) is 11.3 Å². The van der Waals surface area contributed by atoms with Gasteiger partial charge in [-0.15, -0.1) is 0 Å². The van der Waals surface area contributed by atoms with E-state index in [1.165, 1.54) is 0 Å². The lowest BCUT2D eigenvalue weighted by molar-refractivity contribution is -0.165. The van der Waals surface area contributed by atoms with Crippen LogP contribution in [0.4, 0.5) is 0 Å². The molecule has 2 N–H and O–H groups in total. The summed E-state index contributed by atoms with van der Waals surface area (Å²) in [4.78, 5) is 51.2. The van der Waals surface area contributed by atoms with Gasteiger partial charge in [-0.05, 0) is 85.4 Å². The largest absolute Gasteiger partial charge is 0.488 e. The van der Waals surface area contributed by atoms with Crippen LogP contribution >= 0.6 is 0 Å². The minimum atomic E-state index is -1.14. The van der Waals surface area contributed by atoms with Crippen molar-refractivity contribution < 1.29 is 38.5 Å². The van der Waals surface area contributed by atoms with Gasteiger partial charge in [-0.1, -0.05) is 25.0 Å². The normalized spacial score (nSPS) is 16.6. The first-order chi connectivity index (χ1) is 18.0. The van der Waals surface area contributed by atoms with E-state index in [1.807, 2.05) is 45.0 Å². The summed E-state index contributed by atoms with van der Waals surface area (Å²) in [6.45, 7) is 12.9. The van der Waals surface area contributed by atoms with Crippen LogP contribution in [0.15, 0.2) is 24.3 Å². The Kier molecular flexibility index (Phi) is 11.0. The Hall–Kier alpha value is -3.10. The Bertz CT molecular complexity index is 997. The zero-order chi connectivity index (χ0) is 29.4. The molecular weight excluding hydrogens is 502 g/mol. The highest BCUT2D eigenvalue weighted by atomic mass is 16.6. The Balaban J connectivity index is 2.26. The second-order valence-corrected chi connectivity index (χ2v) is 12.4. The molecule has 2 rings (SSSR count). The monoisotopic (exact) mass is 547 g/mol. The van der Waals surface area contributed by atoms with E-state index in [4.69, 9.17) is 14.2 Å². The fourth-order valence-corrected chi connectivity index (χ4v) is 4.91. The summed E-state index contributed by atoms with van der Waals surface area (Å²) in [5.74, 6) is -2.99. The number of ether oxygens (including phenoxy) is 3. The molecule has 1 aromatic carbocycles. The molecule has 9 heteroatoms. The summed E-state index contributed by atoms with van der Waals surface area (Å²) in [6.07, 6.45) is 2.32. The van der Waals surface area contributed by atoms with Gasteiger partial charge in [-0.2, -0.15) is 0 Å². The van der Waals surface area contributed by atoms with Gasteiger partial charge in [0.15, 0.2) is 0 Å². The smallest absolute Gasteiger partial charge is 0.328 e. The molecule has 1 aliphatic rings. The topological polar surface area (TPSA) is 128 Å². The first-order valence-corrected chi connectivity index (χ1v) is 13.7. The minimum Gasteiger partial charge on any atom is -0.488 e. The molecule has 0 saturated heterocycles. The Labute approximate surface area is 232 Å². The number of carbonyl (C=O) groups is 4. The number of hydrogen-bond donors (Lipinski definition) is 2. The molecule has 1 saturated carbocycles. The van der Waals surface area contributed by atoms with Crippen LogP contribution in [0.5, 0.6) is 5.75 Å². The zero-order valence-electron chi connectivity index (χ0n) is 24.4. The third kappa shape index (κ3) is 10.5. The molecule has 0 bridgehead atoms. The Morgan fingerprint density at radius 2 is 1.54 bits per heavy atom. The molecule has 0 aliphatic heterocycles. The lowest BCUT2D eigenvalue weighted by atomic mass is 9.75. The molecule has 0 heterocycles. The van der Waals surface area contributed by atoms with Gasteiger partial charge in [0.05, 0.1) is 24.4 Å². The third-order valence-corrected chi connectivity index (χ3v) is 6.50. The Morgan fingerprint density at radius 1 is 0.949 bits per heavy atom. The maximum absolute atomic E-state index is 13.8. The second-order valence-electron chi connectivity index (χ2n) is 12.4. The van der Waals surface area contributed by atoms with Gasteiger partial charge in [-0.3, -0.25) is 14.4 Å². The van der Waals surface area contributed by atoms with Crippen molar-refractivity contribution in [3.8, 4) is 5.75 Å². The number of hydrogen-bond acceptors (Lipinski definition) is 7. The van der Waals surface area contributed by atoms with Gasteiger partial charge in [0.2, 0.25) is 5.91 Å². The molecule has 0 radical (unpaired) electrons. The second kappa shape index (κ2) is 13.3. The minimum absolute atomic E-state index is 0.0361. The van der Waals surface area contributed by atoms with E-state index in [-0.39, 0.29) is 31.0 Å². The van der Waals surface area contributed by atoms with Gasteiger partial charge in [0.1, 0.15) is 23.0 Å². The standard InChI is InChI=1S/C30H45NO8/c1-8-37-26(35)23(17-20-11-13-22(14-12-20)38-28(2,3)4)31-27(36)30(15-9-10-16-30)19-21(18-24(32)33)25(34)39-29(5,6)7/h11-14,21,23H,8-10,15-19H2,1-7H3,(H,31,36)(H,32,33)/t21-,23-/m0/s1. The van der Waals surface area contributed by atoms with E-state index in [0.29, 0.717) is 18.6 Å². The number of carboxylic acids is 1. The predicted molar refractivity (Wildman–Crippen MR) is 146 cm³/mol. The van der Waals surface area contributed by atoms with Crippen LogP contribution in [0.2, 0.25) is 0 Å². The van der Waals surface area contributed by atoms with Crippen molar-refractivity contribution in [2.75, 3.05) is 6.61 Å². The molecule has 9 nitrogen and oxygen atoms in total. The first-order valence-electron chi connectivity index (χ1n) is 13.7. The molecule has 1 aromatic rings. The summed E-state index contributed by atoms with van der Waals surface area (Å²) >= 11 is 0. The number of rotatable bonds is 12. The van der Waals surface area contributed by atoms with E-state index in [0.717, 1.165) is 18.4 Å². The number of carbonyl (C=O) groups excluding carboxylic acids is 3. The number of aliphatic carboxylic acids is 1. The lowest BCUT2D eigenvalue weighted by Gasteiger charge is -2.33. The molecule has 1 fully saturated rings. The molecule has 0 unspecified atom stereocenters. The number of benzene rings is 1. The van der Waals surface area contributed by atoms with Crippen LogP contribution < -0.4 is 10.1 Å². The maximum atomic E-state index is 13.8. The van der Waals surface area contributed by atoms with Crippen molar-refractivity contribution in [1.82, 2.24) is 5.32 Å². The zero-order valence-corrected chi connectivity index (χ0v) is 24.4. The van der Waals surface area contributed by atoms with Gasteiger partial charge >= 0.3 is 17.9 Å². The van der Waals surface area contributed by atoms with E-state index in [1.54, 1.807) is 27.7 Å². The molecule has 39 heavy (non-hydrogen) atoms. The van der Waals surface area contributed by atoms with Crippen LogP contribution in [0, 0.1) is 11.3 Å². The van der Waals surface area contributed by atoms with Crippen molar-refractivity contribution in [3.05, 3.63) is 29.8 Å². The molecule has 1 amide bonds. The SMILES string of the molecule is CCOC(=O)[C@H](Cc1ccc(OC(C)(C)C)cc1)NC(=O)C1(C[C@H](CC(=O)O)C(=O)OC(C)(C)C)CCCC1. The van der Waals surface area contributed by atoms with Gasteiger partial charge in [-0.25, -0.2) is 4.79 Å². The first kappa shape index (κ1) is 32.1. The fraction of sp³-hybridized carbons (Fsp3) is 0.667. The fourth-order valence-electron chi connectivity index (χ4n) is 4.91. The van der Waals surface area contributed by atoms with Crippen LogP contribution in [-0.2, 0) is 35.1 Å². The summed E-state index contributed by atoms with van der Waals surface area (Å²) in [5.41, 5.74) is -1.31. The highest BCUT2D eigenvalue weighted by Crippen LogP contribution is 2.44. The van der Waals surface area contributed by atoms with E-state index < -0.39 is 47.3 Å². The quantitative estimate of drug-likeness (QED) is 0.356. The van der Waals surface area contributed by atoms with Crippen LogP contribution in [0.25, 0.3) is 0 Å². The van der Waals surface area contributed by atoms with Crippen LogP contribution in [-0.4, -0.2) is 52.8 Å². The molecule has 0 aromatic heterocycles. The van der Waals surface area contributed by atoms with Crippen molar-refractivity contribution in [2.45, 2.75) is 111 Å². The average Bonchev–Trinajstić information content (AvgIpc) is 3.27. The van der Waals surface area contributed by atoms with Crippen molar-refractivity contribution >= 4 is 23.8 Å². The summed E-state index contributed by atoms with van der Waals surface area (Å²) in [7, 11) is 0. The average molecular weight is 548 g/mol. The van der Waals surface area contributed by atoms with Crippen LogP contribution in [0.3, 0.4) is 0 Å². The molecule has 0 spiro atoms. The maximum Gasteiger partial charge on any atom is 0.328 e. The van der Waals surface area contributed by atoms with E-state index >= 15 is 0 Å². The predicted octanol–water partition coefficient (Wildman–Crippen LogP) is 4.84.